The van der Waals surface area contributed by atoms with Gasteiger partial charge >= 0.3 is 0 Å². The molecule has 0 unspecified atom stereocenters. The van der Waals surface area contributed by atoms with Gasteiger partial charge in [-0.2, -0.15) is 9.40 Å². The van der Waals surface area contributed by atoms with Gasteiger partial charge in [-0.25, -0.2) is 13.1 Å². The van der Waals surface area contributed by atoms with Gasteiger partial charge in [-0.1, -0.05) is 6.42 Å². The predicted molar refractivity (Wildman–Crippen MR) is 133 cm³/mol. The van der Waals surface area contributed by atoms with E-state index in [1.807, 2.05) is 12.1 Å². The van der Waals surface area contributed by atoms with E-state index in [0.717, 1.165) is 30.5 Å². The molecule has 1 amide bonds. The van der Waals surface area contributed by atoms with Crippen LogP contribution in [0.5, 0.6) is 5.75 Å². The molecule has 9 nitrogen and oxygen atoms in total. The van der Waals surface area contributed by atoms with Gasteiger partial charge in [-0.05, 0) is 61.4 Å². The summed E-state index contributed by atoms with van der Waals surface area (Å²) in [7, 11) is -3.05. The topological polar surface area (TPSA) is 111 Å². The lowest BCUT2D eigenvalue weighted by Crippen LogP contribution is -2.35. The number of rotatable bonds is 6. The summed E-state index contributed by atoms with van der Waals surface area (Å²) >= 11 is 0. The molecule has 0 bridgehead atoms. The molecule has 184 valence electrons. The summed E-state index contributed by atoms with van der Waals surface area (Å²) < 4.78 is 46.3. The van der Waals surface area contributed by atoms with Crippen LogP contribution in [0.15, 0.2) is 53.4 Å². The van der Waals surface area contributed by atoms with Gasteiger partial charge in [0.05, 0.1) is 34.9 Å². The van der Waals surface area contributed by atoms with Crippen molar-refractivity contribution in [1.82, 2.24) is 14.1 Å². The number of benzene rings is 2. The Bertz CT molecular complexity index is 1380. The number of carbonyl (C=O) groups excluding carboxylic acids is 1. The van der Waals surface area contributed by atoms with Crippen LogP contribution in [-0.2, 0) is 32.3 Å². The summed E-state index contributed by atoms with van der Waals surface area (Å²) in [6.45, 7) is 1.04. The van der Waals surface area contributed by atoms with Crippen LogP contribution in [0.25, 0.3) is 5.69 Å². The van der Waals surface area contributed by atoms with Gasteiger partial charge in [-0.3, -0.25) is 9.00 Å². The Labute approximate surface area is 206 Å². The van der Waals surface area contributed by atoms with Crippen molar-refractivity contribution >= 4 is 32.5 Å². The predicted octanol–water partition coefficient (Wildman–Crippen LogP) is 3.07. The molecular formula is C24H26N4O5S2. The molecule has 0 saturated carbocycles. The molecule has 1 aromatic heterocycles. The van der Waals surface area contributed by atoms with Crippen molar-refractivity contribution in [2.75, 3.05) is 25.5 Å². The third-order valence-corrected chi connectivity index (χ3v) is 9.41. The van der Waals surface area contributed by atoms with Crippen molar-refractivity contribution in [3.05, 3.63) is 65.4 Å². The molecule has 0 aliphatic carbocycles. The van der Waals surface area contributed by atoms with E-state index in [-0.39, 0.29) is 4.90 Å². The lowest BCUT2D eigenvalue weighted by Gasteiger charge is -2.25. The number of nitrogens with one attached hydrogen (secondary N) is 1. The smallest absolute Gasteiger partial charge is 0.256 e. The van der Waals surface area contributed by atoms with Gasteiger partial charge in [0.2, 0.25) is 10.0 Å². The minimum absolute atomic E-state index is 0.176. The number of sulfonamides is 1. The number of nitrogens with zero attached hydrogens (tertiary/aromatic N) is 3. The van der Waals surface area contributed by atoms with Crippen molar-refractivity contribution in [3.63, 3.8) is 0 Å². The van der Waals surface area contributed by atoms with Crippen LogP contribution in [0.2, 0.25) is 0 Å². The second kappa shape index (κ2) is 9.56. The fourth-order valence-electron chi connectivity index (χ4n) is 4.38. The summed E-state index contributed by atoms with van der Waals surface area (Å²) in [6.07, 6.45) is 2.75. The van der Waals surface area contributed by atoms with E-state index in [4.69, 9.17) is 4.74 Å². The van der Waals surface area contributed by atoms with Gasteiger partial charge in [-0.15, -0.1) is 0 Å². The first-order valence-corrected chi connectivity index (χ1v) is 14.3. The number of methoxy groups -OCH3 is 1. The van der Waals surface area contributed by atoms with Crippen molar-refractivity contribution in [2.45, 2.75) is 35.7 Å². The zero-order valence-corrected chi connectivity index (χ0v) is 20.9. The van der Waals surface area contributed by atoms with Gasteiger partial charge in [0.15, 0.2) is 0 Å². The van der Waals surface area contributed by atoms with Gasteiger partial charge in [0.25, 0.3) is 5.91 Å². The van der Waals surface area contributed by atoms with Gasteiger partial charge < -0.3 is 10.1 Å². The number of hydrogen-bond donors (Lipinski definition) is 1. The number of piperidine rings is 1. The van der Waals surface area contributed by atoms with Crippen molar-refractivity contribution < 1.29 is 22.2 Å². The number of anilines is 1. The lowest BCUT2D eigenvalue weighted by molar-refractivity contribution is 0.102. The number of aromatic nitrogens is 2. The normalized spacial score (nSPS) is 18.3. The highest BCUT2D eigenvalue weighted by Crippen LogP contribution is 2.32. The highest BCUT2D eigenvalue weighted by molar-refractivity contribution is 7.89. The number of hydrogen-bond acceptors (Lipinski definition) is 6. The number of fused-ring (bicyclic) bond motifs is 1. The van der Waals surface area contributed by atoms with E-state index in [1.54, 1.807) is 23.9 Å². The molecule has 2 aliphatic heterocycles. The van der Waals surface area contributed by atoms with E-state index in [2.05, 4.69) is 10.4 Å². The first kappa shape index (κ1) is 23.7. The molecule has 11 heteroatoms. The fourth-order valence-corrected chi connectivity index (χ4v) is 7.16. The quantitative estimate of drug-likeness (QED) is 0.541. The van der Waals surface area contributed by atoms with Crippen LogP contribution in [0.4, 0.5) is 5.82 Å². The molecule has 5 rings (SSSR count). The Morgan fingerprint density at radius 1 is 1.00 bits per heavy atom. The monoisotopic (exact) mass is 514 g/mol. The minimum atomic E-state index is -3.57. The molecule has 1 N–H and O–H groups in total. The molecule has 1 atom stereocenters. The largest absolute Gasteiger partial charge is 0.497 e. The third kappa shape index (κ3) is 4.63. The summed E-state index contributed by atoms with van der Waals surface area (Å²) in [5.41, 5.74) is 2.48. The molecular weight excluding hydrogens is 488 g/mol. The van der Waals surface area contributed by atoms with Gasteiger partial charge in [0, 0.05) is 35.0 Å². The molecule has 1 fully saturated rings. The van der Waals surface area contributed by atoms with Crippen molar-refractivity contribution in [3.8, 4) is 11.4 Å². The Hall–Kier alpha value is -3.02. The summed E-state index contributed by atoms with van der Waals surface area (Å²) in [4.78, 5) is 13.3. The van der Waals surface area contributed by atoms with Crippen LogP contribution >= 0.6 is 0 Å². The Morgan fingerprint density at radius 3 is 2.34 bits per heavy atom. The maximum atomic E-state index is 13.1. The SMILES string of the molecule is COc1ccc(-n2nc3c(c2NC(=O)c2ccc(S(=O)(=O)N4CCCCC4)cc2)C[S@@](=O)C3)cc1. The minimum Gasteiger partial charge on any atom is -0.497 e. The Balaban J connectivity index is 1.41. The van der Waals surface area contributed by atoms with Gasteiger partial charge in [0.1, 0.15) is 11.6 Å². The second-order valence-corrected chi connectivity index (χ2v) is 12.0. The zero-order valence-electron chi connectivity index (χ0n) is 19.3. The van der Waals surface area contributed by atoms with E-state index >= 15 is 0 Å². The summed E-state index contributed by atoms with van der Waals surface area (Å²) in [5.74, 6) is 1.41. The second-order valence-electron chi connectivity index (χ2n) is 8.56. The third-order valence-electron chi connectivity index (χ3n) is 6.29. The summed E-state index contributed by atoms with van der Waals surface area (Å²) in [6, 6.07) is 13.2. The van der Waals surface area contributed by atoms with Crippen LogP contribution in [-0.4, -0.2) is 52.8 Å². The van der Waals surface area contributed by atoms with E-state index in [9.17, 15) is 17.4 Å². The molecule has 0 radical (unpaired) electrons. The first-order chi connectivity index (χ1) is 16.9. The average molecular weight is 515 g/mol. The van der Waals surface area contributed by atoms with Crippen LogP contribution in [0, 0.1) is 0 Å². The molecule has 35 heavy (non-hydrogen) atoms. The van der Waals surface area contributed by atoms with E-state index in [1.165, 1.54) is 28.6 Å². The first-order valence-electron chi connectivity index (χ1n) is 11.4. The highest BCUT2D eigenvalue weighted by Gasteiger charge is 2.29. The Morgan fingerprint density at radius 2 is 1.69 bits per heavy atom. The van der Waals surface area contributed by atoms with Crippen LogP contribution in [0.1, 0.15) is 40.9 Å². The number of amides is 1. The highest BCUT2D eigenvalue weighted by atomic mass is 32.2. The maximum absolute atomic E-state index is 13.1. The molecule has 3 heterocycles. The average Bonchev–Trinajstić information content (AvgIpc) is 3.41. The maximum Gasteiger partial charge on any atom is 0.256 e. The van der Waals surface area contributed by atoms with Crippen LogP contribution < -0.4 is 10.1 Å². The molecule has 1 saturated heterocycles. The van der Waals surface area contributed by atoms with E-state index < -0.39 is 26.7 Å². The standard InChI is InChI=1S/C24H26N4O5S2/c1-33-19-9-7-18(8-10-19)28-23(21-15-34(30)16-22(21)26-28)25-24(29)17-5-11-20(12-6-17)35(31,32)27-13-3-2-4-14-27/h5-12H,2-4,13-16H2,1H3,(H,25,29)/t34-/m1/s1. The molecule has 3 aromatic rings. The van der Waals surface area contributed by atoms with Crippen LogP contribution in [0.3, 0.4) is 0 Å². The van der Waals surface area contributed by atoms with Crippen molar-refractivity contribution in [1.29, 1.82) is 0 Å². The lowest BCUT2D eigenvalue weighted by atomic mass is 10.2. The fraction of sp³-hybridized carbons (Fsp3) is 0.333. The zero-order chi connectivity index (χ0) is 24.6. The molecule has 2 aliphatic rings. The Kier molecular flexibility index (Phi) is 6.47. The van der Waals surface area contributed by atoms with Crippen molar-refractivity contribution in [2.24, 2.45) is 0 Å². The molecule has 2 aromatic carbocycles. The molecule has 0 spiro atoms. The van der Waals surface area contributed by atoms with E-state index in [0.29, 0.717) is 47.4 Å². The summed E-state index contributed by atoms with van der Waals surface area (Å²) in [5, 5.41) is 7.51. The number of carbonyl (C=O) groups is 1. The number of ether oxygens (including phenoxy) is 1.